The van der Waals surface area contributed by atoms with E-state index >= 15 is 0 Å². The van der Waals surface area contributed by atoms with Crippen LogP contribution in [0.3, 0.4) is 0 Å². The van der Waals surface area contributed by atoms with Crippen LogP contribution >= 0.6 is 0 Å². The van der Waals surface area contributed by atoms with Crippen molar-refractivity contribution in [2.75, 3.05) is 11.9 Å². The number of oxime groups is 1. The Morgan fingerprint density at radius 2 is 1.91 bits per heavy atom. The van der Waals surface area contributed by atoms with Crippen molar-refractivity contribution < 1.29 is 9.63 Å². The van der Waals surface area contributed by atoms with E-state index in [4.69, 9.17) is 10.1 Å². The summed E-state index contributed by atoms with van der Waals surface area (Å²) in [5.41, 5.74) is 5.20. The highest BCUT2D eigenvalue weighted by Crippen LogP contribution is 2.20. The second-order valence-corrected chi connectivity index (χ2v) is 7.82. The predicted molar refractivity (Wildman–Crippen MR) is 124 cm³/mol. The van der Waals surface area contributed by atoms with Gasteiger partial charge in [0.25, 0.3) is 0 Å². The van der Waals surface area contributed by atoms with Gasteiger partial charge in [-0.25, -0.2) is 4.79 Å². The molecule has 0 bridgehead atoms. The van der Waals surface area contributed by atoms with Gasteiger partial charge in [0.15, 0.2) is 6.10 Å². The van der Waals surface area contributed by atoms with E-state index in [9.17, 15) is 4.79 Å². The van der Waals surface area contributed by atoms with Crippen LogP contribution in [0.4, 0.5) is 10.5 Å². The molecule has 0 saturated carbocycles. The Hall–Kier alpha value is -4.11. The normalized spacial score (nSPS) is 14.8. The van der Waals surface area contributed by atoms with Gasteiger partial charge in [-0.1, -0.05) is 71.4 Å². The summed E-state index contributed by atoms with van der Waals surface area (Å²) in [6.45, 7) is 2.87. The highest BCUT2D eigenvalue weighted by molar-refractivity contribution is 6.01. The van der Waals surface area contributed by atoms with Gasteiger partial charge in [0.2, 0.25) is 0 Å². The molecule has 2 amide bonds. The zero-order valence-corrected chi connectivity index (χ0v) is 17.9. The van der Waals surface area contributed by atoms with Gasteiger partial charge in [-0.15, -0.1) is 0 Å². The molecule has 160 valence electrons. The molecule has 1 atom stereocenters. The van der Waals surface area contributed by atoms with E-state index in [-0.39, 0.29) is 12.1 Å². The maximum absolute atomic E-state index is 13.1. The number of anilines is 1. The van der Waals surface area contributed by atoms with E-state index in [0.29, 0.717) is 30.8 Å². The Morgan fingerprint density at radius 1 is 1.12 bits per heavy atom. The number of urea groups is 1. The first-order valence-corrected chi connectivity index (χ1v) is 10.5. The molecule has 0 aromatic heterocycles. The number of nitrogens with one attached hydrogen (secondary N) is 1. The summed E-state index contributed by atoms with van der Waals surface area (Å²) in [7, 11) is 0. The summed E-state index contributed by atoms with van der Waals surface area (Å²) in [4.78, 5) is 20.5. The molecule has 0 fully saturated rings. The largest absolute Gasteiger partial charge is 0.390 e. The van der Waals surface area contributed by atoms with Crippen LogP contribution in [0.25, 0.3) is 0 Å². The number of hydrogen-bond donors (Lipinski definition) is 1. The molecular formula is C26H24N4O2. The second kappa shape index (κ2) is 9.80. The molecule has 6 heteroatoms. The molecule has 1 unspecified atom stereocenters. The van der Waals surface area contributed by atoms with Crippen molar-refractivity contribution in [3.05, 3.63) is 101 Å². The van der Waals surface area contributed by atoms with E-state index in [1.54, 1.807) is 29.2 Å². The first kappa shape index (κ1) is 21.1. The monoisotopic (exact) mass is 424 g/mol. The number of aryl methyl sites for hydroxylation is 1. The van der Waals surface area contributed by atoms with Crippen LogP contribution in [-0.4, -0.2) is 29.3 Å². The molecule has 4 rings (SSSR count). The van der Waals surface area contributed by atoms with Crippen LogP contribution in [0, 0.1) is 18.3 Å². The van der Waals surface area contributed by atoms with Crippen LogP contribution in [0.5, 0.6) is 0 Å². The lowest BCUT2D eigenvalue weighted by Gasteiger charge is -2.25. The van der Waals surface area contributed by atoms with Gasteiger partial charge >= 0.3 is 6.03 Å². The van der Waals surface area contributed by atoms with E-state index in [0.717, 1.165) is 16.8 Å². The molecule has 1 heterocycles. The van der Waals surface area contributed by atoms with E-state index in [1.165, 1.54) is 5.56 Å². The minimum Gasteiger partial charge on any atom is -0.390 e. The third-order valence-electron chi connectivity index (χ3n) is 5.29. The second-order valence-electron chi connectivity index (χ2n) is 7.82. The van der Waals surface area contributed by atoms with E-state index in [2.05, 4.69) is 28.7 Å². The lowest BCUT2D eigenvalue weighted by Crippen LogP contribution is -2.40. The number of carbonyl (C=O) groups is 1. The van der Waals surface area contributed by atoms with Crippen molar-refractivity contribution >= 4 is 17.4 Å². The first-order valence-electron chi connectivity index (χ1n) is 10.5. The van der Waals surface area contributed by atoms with Gasteiger partial charge in [0.05, 0.1) is 23.9 Å². The molecular weight excluding hydrogens is 400 g/mol. The quantitative estimate of drug-likeness (QED) is 0.598. The van der Waals surface area contributed by atoms with Crippen molar-refractivity contribution in [3.63, 3.8) is 0 Å². The molecule has 1 aliphatic rings. The zero-order valence-electron chi connectivity index (χ0n) is 17.9. The molecule has 0 saturated heterocycles. The fraction of sp³-hybridized carbons (Fsp3) is 0.192. The molecule has 32 heavy (non-hydrogen) atoms. The van der Waals surface area contributed by atoms with Crippen LogP contribution in [0.15, 0.2) is 84.0 Å². The number of hydrogen-bond acceptors (Lipinski definition) is 4. The van der Waals surface area contributed by atoms with Crippen molar-refractivity contribution in [3.8, 4) is 6.07 Å². The van der Waals surface area contributed by atoms with Crippen molar-refractivity contribution in [1.29, 1.82) is 5.26 Å². The topological polar surface area (TPSA) is 77.7 Å². The standard InChI is InChI=1S/C26H24N4O2/c1-19-10-12-22(13-11-19)25-15-24(32-29-25)18-30(17-20-6-3-2-4-7-20)26(31)28-23-9-5-8-21(14-23)16-27/h2-14,24H,15,17-18H2,1H3,(H,28,31). The molecule has 3 aromatic rings. The van der Waals surface area contributed by atoms with Gasteiger partial charge in [-0.3, -0.25) is 0 Å². The number of nitriles is 1. The minimum absolute atomic E-state index is 0.230. The Morgan fingerprint density at radius 3 is 2.66 bits per heavy atom. The summed E-state index contributed by atoms with van der Waals surface area (Å²) in [5.74, 6) is 0. The Balaban J connectivity index is 1.46. The molecule has 1 N–H and O–H groups in total. The molecule has 1 aliphatic heterocycles. The number of rotatable bonds is 6. The van der Waals surface area contributed by atoms with Gasteiger partial charge in [0, 0.05) is 18.7 Å². The van der Waals surface area contributed by atoms with Crippen molar-refractivity contribution in [1.82, 2.24) is 4.90 Å². The first-order chi connectivity index (χ1) is 15.6. The van der Waals surface area contributed by atoms with Crippen LogP contribution in [-0.2, 0) is 11.4 Å². The van der Waals surface area contributed by atoms with Gasteiger partial charge in [0.1, 0.15) is 0 Å². The molecule has 0 radical (unpaired) electrons. The number of benzene rings is 3. The van der Waals surface area contributed by atoms with Crippen LogP contribution < -0.4 is 5.32 Å². The summed E-state index contributed by atoms with van der Waals surface area (Å²) >= 11 is 0. The number of amides is 2. The average molecular weight is 425 g/mol. The average Bonchev–Trinajstić information content (AvgIpc) is 3.28. The van der Waals surface area contributed by atoms with Crippen molar-refractivity contribution in [2.45, 2.75) is 26.0 Å². The molecule has 3 aromatic carbocycles. The highest BCUT2D eigenvalue weighted by Gasteiger charge is 2.27. The molecule has 0 spiro atoms. The lowest BCUT2D eigenvalue weighted by atomic mass is 10.0. The predicted octanol–water partition coefficient (Wildman–Crippen LogP) is 5.09. The van der Waals surface area contributed by atoms with Crippen molar-refractivity contribution in [2.24, 2.45) is 5.16 Å². The minimum atomic E-state index is -0.253. The Labute approximate surface area is 187 Å². The van der Waals surface area contributed by atoms with E-state index < -0.39 is 0 Å². The SMILES string of the molecule is Cc1ccc(C2=NOC(CN(Cc3ccccc3)C(=O)Nc3cccc(C#N)c3)C2)cc1. The zero-order chi connectivity index (χ0) is 22.3. The highest BCUT2D eigenvalue weighted by atomic mass is 16.6. The van der Waals surface area contributed by atoms with Gasteiger partial charge < -0.3 is 15.1 Å². The fourth-order valence-corrected chi connectivity index (χ4v) is 3.58. The Bertz CT molecular complexity index is 1150. The summed E-state index contributed by atoms with van der Waals surface area (Å²) in [6.07, 6.45) is 0.400. The third-order valence-corrected chi connectivity index (χ3v) is 5.29. The smallest absolute Gasteiger partial charge is 0.322 e. The molecule has 6 nitrogen and oxygen atoms in total. The lowest BCUT2D eigenvalue weighted by molar-refractivity contribution is 0.0608. The maximum Gasteiger partial charge on any atom is 0.322 e. The van der Waals surface area contributed by atoms with Crippen LogP contribution in [0.1, 0.15) is 28.7 Å². The van der Waals surface area contributed by atoms with Gasteiger partial charge in [-0.05, 0) is 36.2 Å². The van der Waals surface area contributed by atoms with Crippen LogP contribution in [0.2, 0.25) is 0 Å². The number of carbonyl (C=O) groups excluding carboxylic acids is 1. The third kappa shape index (κ3) is 5.32. The number of nitrogens with zero attached hydrogens (tertiary/aromatic N) is 3. The maximum atomic E-state index is 13.1. The summed E-state index contributed by atoms with van der Waals surface area (Å²) < 4.78 is 0. The summed E-state index contributed by atoms with van der Waals surface area (Å²) in [6, 6.07) is 26.7. The Kier molecular flexibility index (Phi) is 6.47. The summed E-state index contributed by atoms with van der Waals surface area (Å²) in [5, 5.41) is 16.3. The van der Waals surface area contributed by atoms with E-state index in [1.807, 2.05) is 49.4 Å². The van der Waals surface area contributed by atoms with Gasteiger partial charge in [-0.2, -0.15) is 5.26 Å². The fourth-order valence-electron chi connectivity index (χ4n) is 3.58. The molecule has 0 aliphatic carbocycles.